The Labute approximate surface area is 72.5 Å². The largest absolute Gasteiger partial charge is 0.496 e. The molecule has 2 unspecified atom stereocenters. The fourth-order valence-corrected chi connectivity index (χ4v) is 1.74. The third-order valence-corrected chi connectivity index (χ3v) is 2.43. The SMILES string of the molecule is NC(C1=CCCO1)C1CCCO1. The van der Waals surface area contributed by atoms with E-state index in [0.29, 0.717) is 0 Å². The van der Waals surface area contributed by atoms with E-state index in [4.69, 9.17) is 15.2 Å². The summed E-state index contributed by atoms with van der Waals surface area (Å²) in [5.74, 6) is 0.932. The average Bonchev–Trinajstić information content (AvgIpc) is 2.77. The molecule has 2 aliphatic rings. The number of hydrogen-bond donors (Lipinski definition) is 1. The van der Waals surface area contributed by atoms with Crippen LogP contribution in [0.5, 0.6) is 0 Å². The molecule has 0 spiro atoms. The van der Waals surface area contributed by atoms with Crippen molar-refractivity contribution >= 4 is 0 Å². The molecule has 0 aromatic heterocycles. The number of ether oxygens (including phenoxy) is 2. The maximum Gasteiger partial charge on any atom is 0.111 e. The van der Waals surface area contributed by atoms with Gasteiger partial charge in [-0.25, -0.2) is 0 Å². The molecular formula is C9H15NO2. The van der Waals surface area contributed by atoms with Crippen LogP contribution in [-0.2, 0) is 9.47 Å². The van der Waals surface area contributed by atoms with Crippen molar-refractivity contribution in [3.63, 3.8) is 0 Å². The average molecular weight is 169 g/mol. The van der Waals surface area contributed by atoms with E-state index in [2.05, 4.69) is 6.08 Å². The second-order valence-corrected chi connectivity index (χ2v) is 3.32. The van der Waals surface area contributed by atoms with E-state index >= 15 is 0 Å². The van der Waals surface area contributed by atoms with E-state index in [0.717, 1.165) is 38.2 Å². The molecule has 12 heavy (non-hydrogen) atoms. The van der Waals surface area contributed by atoms with Gasteiger partial charge in [-0.05, 0) is 18.9 Å². The number of hydrogen-bond acceptors (Lipinski definition) is 3. The first-order valence-corrected chi connectivity index (χ1v) is 4.58. The van der Waals surface area contributed by atoms with Crippen LogP contribution in [0, 0.1) is 0 Å². The third-order valence-electron chi connectivity index (χ3n) is 2.43. The first kappa shape index (κ1) is 8.08. The zero-order chi connectivity index (χ0) is 8.39. The van der Waals surface area contributed by atoms with Gasteiger partial charge in [-0.15, -0.1) is 0 Å². The van der Waals surface area contributed by atoms with Crippen molar-refractivity contribution in [2.24, 2.45) is 5.73 Å². The molecule has 2 N–H and O–H groups in total. The van der Waals surface area contributed by atoms with Crippen LogP contribution >= 0.6 is 0 Å². The standard InChI is InChI=1S/C9H15NO2/c10-9(7-3-1-5-11-7)8-4-2-6-12-8/h3,8-9H,1-2,4-6,10H2. The Bertz CT molecular complexity index is 185. The van der Waals surface area contributed by atoms with Crippen molar-refractivity contribution in [3.05, 3.63) is 11.8 Å². The molecule has 2 heterocycles. The highest BCUT2D eigenvalue weighted by Gasteiger charge is 2.27. The Balaban J connectivity index is 1.93. The molecule has 2 rings (SSSR count). The Morgan fingerprint density at radius 1 is 1.50 bits per heavy atom. The predicted octanol–water partition coefficient (Wildman–Crippen LogP) is 0.797. The van der Waals surface area contributed by atoms with Gasteiger partial charge in [0.25, 0.3) is 0 Å². The quantitative estimate of drug-likeness (QED) is 0.665. The van der Waals surface area contributed by atoms with Crippen molar-refractivity contribution in [1.29, 1.82) is 0 Å². The van der Waals surface area contributed by atoms with E-state index in [-0.39, 0.29) is 12.1 Å². The Morgan fingerprint density at radius 3 is 3.00 bits per heavy atom. The summed E-state index contributed by atoms with van der Waals surface area (Å²) < 4.78 is 10.9. The van der Waals surface area contributed by atoms with Gasteiger partial charge >= 0.3 is 0 Å². The van der Waals surface area contributed by atoms with E-state index in [1.54, 1.807) is 0 Å². The lowest BCUT2D eigenvalue weighted by molar-refractivity contribution is 0.0796. The molecule has 0 radical (unpaired) electrons. The molecule has 2 atom stereocenters. The lowest BCUT2D eigenvalue weighted by Crippen LogP contribution is -2.36. The van der Waals surface area contributed by atoms with Crippen LogP contribution in [0.3, 0.4) is 0 Å². The maximum absolute atomic E-state index is 5.97. The monoisotopic (exact) mass is 169 g/mol. The molecule has 0 aromatic carbocycles. The predicted molar refractivity (Wildman–Crippen MR) is 45.6 cm³/mol. The molecule has 0 aliphatic carbocycles. The first-order chi connectivity index (χ1) is 5.88. The lowest BCUT2D eigenvalue weighted by Gasteiger charge is -2.19. The summed E-state index contributed by atoms with van der Waals surface area (Å²) >= 11 is 0. The highest BCUT2D eigenvalue weighted by molar-refractivity contribution is 5.09. The van der Waals surface area contributed by atoms with Crippen molar-refractivity contribution in [3.8, 4) is 0 Å². The minimum Gasteiger partial charge on any atom is -0.496 e. The van der Waals surface area contributed by atoms with Gasteiger partial charge < -0.3 is 15.2 Å². The number of nitrogens with two attached hydrogens (primary N) is 1. The van der Waals surface area contributed by atoms with Crippen LogP contribution in [0.4, 0.5) is 0 Å². The second kappa shape index (κ2) is 3.46. The molecule has 0 amide bonds. The van der Waals surface area contributed by atoms with Crippen LogP contribution in [0.25, 0.3) is 0 Å². The third kappa shape index (κ3) is 1.47. The topological polar surface area (TPSA) is 44.5 Å². The van der Waals surface area contributed by atoms with Crippen LogP contribution < -0.4 is 5.73 Å². The molecule has 68 valence electrons. The Hall–Kier alpha value is -0.540. The molecule has 2 aliphatic heterocycles. The Kier molecular flexibility index (Phi) is 2.33. The van der Waals surface area contributed by atoms with Gasteiger partial charge in [-0.3, -0.25) is 0 Å². The molecule has 3 nitrogen and oxygen atoms in total. The first-order valence-electron chi connectivity index (χ1n) is 4.58. The van der Waals surface area contributed by atoms with E-state index in [9.17, 15) is 0 Å². The van der Waals surface area contributed by atoms with Crippen LogP contribution in [-0.4, -0.2) is 25.4 Å². The molecule has 0 aromatic rings. The van der Waals surface area contributed by atoms with Crippen LogP contribution in [0.2, 0.25) is 0 Å². The van der Waals surface area contributed by atoms with Crippen molar-refractivity contribution in [2.45, 2.75) is 31.4 Å². The molecular weight excluding hydrogens is 154 g/mol. The molecule has 1 saturated heterocycles. The number of rotatable bonds is 2. The summed E-state index contributed by atoms with van der Waals surface area (Å²) in [6.07, 6.45) is 5.46. The molecule has 0 saturated carbocycles. The fourth-order valence-electron chi connectivity index (χ4n) is 1.74. The highest BCUT2D eigenvalue weighted by atomic mass is 16.5. The van der Waals surface area contributed by atoms with Crippen molar-refractivity contribution in [1.82, 2.24) is 0 Å². The zero-order valence-electron chi connectivity index (χ0n) is 7.16. The molecule has 1 fully saturated rings. The van der Waals surface area contributed by atoms with Gasteiger partial charge in [0.05, 0.1) is 18.8 Å². The van der Waals surface area contributed by atoms with E-state index in [1.807, 2.05) is 0 Å². The highest BCUT2D eigenvalue weighted by Crippen LogP contribution is 2.22. The smallest absolute Gasteiger partial charge is 0.111 e. The van der Waals surface area contributed by atoms with Crippen LogP contribution in [0.1, 0.15) is 19.3 Å². The maximum atomic E-state index is 5.97. The molecule has 3 heteroatoms. The summed E-state index contributed by atoms with van der Waals surface area (Å²) in [5.41, 5.74) is 5.97. The minimum atomic E-state index is -0.0324. The van der Waals surface area contributed by atoms with E-state index < -0.39 is 0 Å². The minimum absolute atomic E-state index is 0.0324. The van der Waals surface area contributed by atoms with E-state index in [1.165, 1.54) is 0 Å². The summed E-state index contributed by atoms with van der Waals surface area (Å²) in [4.78, 5) is 0. The van der Waals surface area contributed by atoms with Crippen LogP contribution in [0.15, 0.2) is 11.8 Å². The van der Waals surface area contributed by atoms with Gasteiger partial charge in [0.2, 0.25) is 0 Å². The van der Waals surface area contributed by atoms with Crippen molar-refractivity contribution < 1.29 is 9.47 Å². The van der Waals surface area contributed by atoms with Gasteiger partial charge in [-0.1, -0.05) is 0 Å². The zero-order valence-corrected chi connectivity index (χ0v) is 7.16. The van der Waals surface area contributed by atoms with Gasteiger partial charge in [0, 0.05) is 13.0 Å². The van der Waals surface area contributed by atoms with Gasteiger partial charge in [-0.2, -0.15) is 0 Å². The second-order valence-electron chi connectivity index (χ2n) is 3.32. The van der Waals surface area contributed by atoms with Crippen molar-refractivity contribution in [2.75, 3.05) is 13.2 Å². The summed E-state index contributed by atoms with van der Waals surface area (Å²) in [5, 5.41) is 0. The molecule has 0 bridgehead atoms. The van der Waals surface area contributed by atoms with Gasteiger partial charge in [0.15, 0.2) is 0 Å². The summed E-state index contributed by atoms with van der Waals surface area (Å²) in [7, 11) is 0. The summed E-state index contributed by atoms with van der Waals surface area (Å²) in [6, 6.07) is -0.0324. The Morgan fingerprint density at radius 2 is 2.42 bits per heavy atom. The van der Waals surface area contributed by atoms with Gasteiger partial charge in [0.1, 0.15) is 5.76 Å². The lowest BCUT2D eigenvalue weighted by atomic mass is 10.1. The fraction of sp³-hybridized carbons (Fsp3) is 0.778. The normalized spacial score (nSPS) is 31.4. The summed E-state index contributed by atoms with van der Waals surface area (Å²) in [6.45, 7) is 1.64.